The van der Waals surface area contributed by atoms with Crippen molar-refractivity contribution in [3.8, 4) is 0 Å². The molecule has 1 aromatic rings. The highest BCUT2D eigenvalue weighted by Gasteiger charge is 2.12. The average Bonchev–Trinajstić information content (AvgIpc) is 2.31. The van der Waals surface area contributed by atoms with E-state index in [4.69, 9.17) is 0 Å². The zero-order valence-electron chi connectivity index (χ0n) is 11.2. The third-order valence-electron chi connectivity index (χ3n) is 2.79. The third kappa shape index (κ3) is 5.63. The number of hydrogen-bond donors (Lipinski definition) is 3. The van der Waals surface area contributed by atoms with Gasteiger partial charge in [0.2, 0.25) is 0 Å². The summed E-state index contributed by atoms with van der Waals surface area (Å²) >= 11 is 0. The van der Waals surface area contributed by atoms with Gasteiger partial charge in [-0.1, -0.05) is 19.9 Å². The van der Waals surface area contributed by atoms with Gasteiger partial charge in [-0.05, 0) is 30.0 Å². The van der Waals surface area contributed by atoms with Gasteiger partial charge in [0.15, 0.2) is 11.6 Å². The van der Waals surface area contributed by atoms with E-state index >= 15 is 0 Å². The first-order chi connectivity index (χ1) is 8.90. The molecule has 1 aromatic carbocycles. The lowest BCUT2D eigenvalue weighted by Gasteiger charge is -2.16. The van der Waals surface area contributed by atoms with Crippen molar-refractivity contribution >= 4 is 0 Å². The van der Waals surface area contributed by atoms with Crippen LogP contribution in [0.1, 0.15) is 31.9 Å². The maximum atomic E-state index is 13.0. The molecule has 2 atom stereocenters. The molecule has 3 nitrogen and oxygen atoms in total. The van der Waals surface area contributed by atoms with Crippen molar-refractivity contribution in [3.63, 3.8) is 0 Å². The molecule has 0 heterocycles. The van der Waals surface area contributed by atoms with Gasteiger partial charge in [0, 0.05) is 13.1 Å². The maximum absolute atomic E-state index is 13.0. The number of rotatable bonds is 7. The summed E-state index contributed by atoms with van der Waals surface area (Å²) in [5, 5.41) is 22.3. The molecule has 0 spiro atoms. The van der Waals surface area contributed by atoms with Crippen LogP contribution in [0.3, 0.4) is 0 Å². The second kappa shape index (κ2) is 7.53. The Morgan fingerprint density at radius 1 is 1.11 bits per heavy atom. The number of halogens is 2. The Morgan fingerprint density at radius 3 is 2.37 bits per heavy atom. The molecule has 5 heteroatoms. The minimum Gasteiger partial charge on any atom is -0.392 e. The molecule has 19 heavy (non-hydrogen) atoms. The Kier molecular flexibility index (Phi) is 6.34. The molecule has 2 unspecified atom stereocenters. The molecule has 0 aliphatic rings. The standard InChI is InChI=1S/C14H21F2NO2/c1-9(2)5-11(18)7-17-8-14(19)10-3-4-12(15)13(16)6-10/h3-4,6,9,11,14,17-19H,5,7-8H2,1-2H3. The van der Waals surface area contributed by atoms with Crippen molar-refractivity contribution in [2.75, 3.05) is 13.1 Å². The number of hydrogen-bond acceptors (Lipinski definition) is 3. The van der Waals surface area contributed by atoms with Crippen LogP contribution in [0.2, 0.25) is 0 Å². The summed E-state index contributed by atoms with van der Waals surface area (Å²) in [4.78, 5) is 0. The third-order valence-corrected chi connectivity index (χ3v) is 2.79. The summed E-state index contributed by atoms with van der Waals surface area (Å²) in [5.74, 6) is -1.51. The lowest BCUT2D eigenvalue weighted by Crippen LogP contribution is -2.31. The van der Waals surface area contributed by atoms with E-state index in [-0.39, 0.29) is 6.54 Å². The molecule has 0 aromatic heterocycles. The summed E-state index contributed by atoms with van der Waals surface area (Å²) in [6, 6.07) is 3.31. The topological polar surface area (TPSA) is 52.5 Å². The first-order valence-corrected chi connectivity index (χ1v) is 6.42. The number of aliphatic hydroxyl groups excluding tert-OH is 2. The minimum absolute atomic E-state index is 0.181. The lowest BCUT2D eigenvalue weighted by atomic mass is 10.1. The van der Waals surface area contributed by atoms with Crippen molar-refractivity contribution in [1.82, 2.24) is 5.32 Å². The molecule has 0 radical (unpaired) electrons. The zero-order chi connectivity index (χ0) is 14.4. The van der Waals surface area contributed by atoms with Crippen molar-refractivity contribution in [3.05, 3.63) is 35.4 Å². The molecule has 0 saturated carbocycles. The van der Waals surface area contributed by atoms with Gasteiger partial charge in [0.05, 0.1) is 12.2 Å². The highest BCUT2D eigenvalue weighted by atomic mass is 19.2. The number of nitrogens with one attached hydrogen (secondary N) is 1. The van der Waals surface area contributed by atoms with E-state index in [2.05, 4.69) is 5.32 Å². The van der Waals surface area contributed by atoms with Crippen LogP contribution in [0.5, 0.6) is 0 Å². The molecule has 0 bridgehead atoms. The molecular formula is C14H21F2NO2. The molecule has 0 saturated heterocycles. The molecule has 0 aliphatic carbocycles. The fourth-order valence-corrected chi connectivity index (χ4v) is 1.85. The van der Waals surface area contributed by atoms with Gasteiger partial charge in [0.1, 0.15) is 0 Å². The SMILES string of the molecule is CC(C)CC(O)CNCC(O)c1ccc(F)c(F)c1. The second-order valence-electron chi connectivity index (χ2n) is 5.13. The number of aliphatic hydroxyl groups is 2. The van der Waals surface area contributed by atoms with Crippen molar-refractivity contribution in [2.24, 2.45) is 5.92 Å². The molecule has 3 N–H and O–H groups in total. The van der Waals surface area contributed by atoms with Gasteiger partial charge in [-0.25, -0.2) is 8.78 Å². The van der Waals surface area contributed by atoms with Crippen LogP contribution in [0.25, 0.3) is 0 Å². The van der Waals surface area contributed by atoms with Gasteiger partial charge >= 0.3 is 0 Å². The van der Waals surface area contributed by atoms with Crippen molar-refractivity contribution in [1.29, 1.82) is 0 Å². The molecular weight excluding hydrogens is 252 g/mol. The molecule has 0 aliphatic heterocycles. The lowest BCUT2D eigenvalue weighted by molar-refractivity contribution is 0.131. The minimum atomic E-state index is -0.976. The largest absolute Gasteiger partial charge is 0.392 e. The van der Waals surface area contributed by atoms with Crippen molar-refractivity contribution in [2.45, 2.75) is 32.5 Å². The summed E-state index contributed by atoms with van der Waals surface area (Å²) < 4.78 is 25.7. The fourth-order valence-electron chi connectivity index (χ4n) is 1.85. The van der Waals surface area contributed by atoms with E-state index in [9.17, 15) is 19.0 Å². The van der Waals surface area contributed by atoms with Crippen LogP contribution in [0, 0.1) is 17.6 Å². The van der Waals surface area contributed by atoms with E-state index in [1.165, 1.54) is 6.07 Å². The highest BCUT2D eigenvalue weighted by molar-refractivity contribution is 5.20. The van der Waals surface area contributed by atoms with Crippen molar-refractivity contribution < 1.29 is 19.0 Å². The summed E-state index contributed by atoms with van der Waals surface area (Å²) in [6.07, 6.45) is -0.729. The molecule has 0 fully saturated rings. The van der Waals surface area contributed by atoms with Gasteiger partial charge < -0.3 is 15.5 Å². The fraction of sp³-hybridized carbons (Fsp3) is 0.571. The number of benzene rings is 1. The Balaban J connectivity index is 2.38. The van der Waals surface area contributed by atoms with Gasteiger partial charge in [-0.15, -0.1) is 0 Å². The van der Waals surface area contributed by atoms with E-state index in [0.717, 1.165) is 12.1 Å². The predicted octanol–water partition coefficient (Wildman–Crippen LogP) is 1.99. The van der Waals surface area contributed by atoms with Crippen LogP contribution in [-0.2, 0) is 0 Å². The zero-order valence-corrected chi connectivity index (χ0v) is 11.2. The van der Waals surface area contributed by atoms with Crippen LogP contribution in [0.15, 0.2) is 18.2 Å². The summed E-state index contributed by atoms with van der Waals surface area (Å²) in [5.41, 5.74) is 0.310. The Hall–Kier alpha value is -1.04. The van der Waals surface area contributed by atoms with Gasteiger partial charge in [-0.3, -0.25) is 0 Å². The monoisotopic (exact) mass is 273 g/mol. The van der Waals surface area contributed by atoms with Gasteiger partial charge in [-0.2, -0.15) is 0 Å². The van der Waals surface area contributed by atoms with E-state index in [0.29, 0.717) is 24.4 Å². The normalized spacial score (nSPS) is 14.7. The molecule has 0 amide bonds. The first-order valence-electron chi connectivity index (χ1n) is 6.42. The quantitative estimate of drug-likeness (QED) is 0.712. The van der Waals surface area contributed by atoms with Crippen LogP contribution < -0.4 is 5.32 Å². The Morgan fingerprint density at radius 2 is 1.79 bits per heavy atom. The summed E-state index contributed by atoms with van der Waals surface area (Å²) in [6.45, 7) is 4.57. The van der Waals surface area contributed by atoms with E-state index < -0.39 is 23.8 Å². The van der Waals surface area contributed by atoms with E-state index in [1.807, 2.05) is 13.8 Å². The predicted molar refractivity (Wildman–Crippen MR) is 69.6 cm³/mol. The molecule has 1 rings (SSSR count). The smallest absolute Gasteiger partial charge is 0.159 e. The van der Waals surface area contributed by atoms with Crippen LogP contribution in [-0.4, -0.2) is 29.4 Å². The van der Waals surface area contributed by atoms with Gasteiger partial charge in [0.25, 0.3) is 0 Å². The maximum Gasteiger partial charge on any atom is 0.159 e. The first kappa shape index (κ1) is 16.0. The van der Waals surface area contributed by atoms with Crippen LogP contribution >= 0.6 is 0 Å². The Bertz CT molecular complexity index is 399. The Labute approximate surface area is 112 Å². The van der Waals surface area contributed by atoms with E-state index in [1.54, 1.807) is 0 Å². The van der Waals surface area contributed by atoms with Crippen LogP contribution in [0.4, 0.5) is 8.78 Å². The second-order valence-corrected chi connectivity index (χ2v) is 5.13. The molecule has 108 valence electrons. The highest BCUT2D eigenvalue weighted by Crippen LogP contribution is 2.15. The average molecular weight is 273 g/mol. The summed E-state index contributed by atoms with van der Waals surface area (Å²) in [7, 11) is 0.